The van der Waals surface area contributed by atoms with Crippen LogP contribution in [0, 0.1) is 18.3 Å². The highest BCUT2D eigenvalue weighted by Crippen LogP contribution is 2.28. The molecule has 0 radical (unpaired) electrons. The largest absolute Gasteiger partial charge is 0.467 e. The van der Waals surface area contributed by atoms with Crippen molar-refractivity contribution in [1.82, 2.24) is 4.90 Å². The Kier molecular flexibility index (Phi) is 4.88. The highest BCUT2D eigenvalue weighted by Gasteiger charge is 2.35. The van der Waals surface area contributed by atoms with Gasteiger partial charge in [-0.2, -0.15) is 5.26 Å². The number of urea groups is 1. The molecule has 0 unspecified atom stereocenters. The summed E-state index contributed by atoms with van der Waals surface area (Å²) in [4.78, 5) is 25.5. The minimum absolute atomic E-state index is 0.311. The van der Waals surface area contributed by atoms with Crippen LogP contribution in [0.25, 0.3) is 0 Å². The number of methoxy groups -OCH3 is 1. The highest BCUT2D eigenvalue weighted by atomic mass is 35.5. The number of carbonyl (C=O) groups is 2. The summed E-state index contributed by atoms with van der Waals surface area (Å²) in [5.74, 6) is -0.415. The van der Waals surface area contributed by atoms with Crippen LogP contribution in [0.1, 0.15) is 24.0 Å². The molecule has 0 saturated carbocycles. The van der Waals surface area contributed by atoms with E-state index in [0.29, 0.717) is 34.8 Å². The molecular formula is C15H16ClN3O3. The van der Waals surface area contributed by atoms with Crippen molar-refractivity contribution in [2.45, 2.75) is 25.8 Å². The van der Waals surface area contributed by atoms with E-state index in [1.807, 2.05) is 6.07 Å². The Morgan fingerprint density at radius 3 is 2.86 bits per heavy atom. The second-order valence-electron chi connectivity index (χ2n) is 5.02. The number of hydrogen-bond acceptors (Lipinski definition) is 4. The number of hydrogen-bond donors (Lipinski definition) is 1. The van der Waals surface area contributed by atoms with Crippen molar-refractivity contribution in [2.24, 2.45) is 0 Å². The third-order valence-electron chi connectivity index (χ3n) is 3.74. The van der Waals surface area contributed by atoms with Crippen molar-refractivity contribution < 1.29 is 14.3 Å². The van der Waals surface area contributed by atoms with Gasteiger partial charge in [-0.25, -0.2) is 9.59 Å². The van der Waals surface area contributed by atoms with E-state index in [9.17, 15) is 9.59 Å². The van der Waals surface area contributed by atoms with E-state index in [0.717, 1.165) is 6.42 Å². The Morgan fingerprint density at radius 2 is 2.23 bits per heavy atom. The van der Waals surface area contributed by atoms with Gasteiger partial charge in [0.1, 0.15) is 12.1 Å². The lowest BCUT2D eigenvalue weighted by atomic mass is 10.1. The van der Waals surface area contributed by atoms with Crippen molar-refractivity contribution in [3.63, 3.8) is 0 Å². The molecule has 1 fully saturated rings. The molecule has 2 amide bonds. The van der Waals surface area contributed by atoms with E-state index < -0.39 is 12.0 Å². The first-order valence-corrected chi connectivity index (χ1v) is 7.22. The topological polar surface area (TPSA) is 82.4 Å². The summed E-state index contributed by atoms with van der Waals surface area (Å²) in [6, 6.07) is 4.22. The molecule has 0 spiro atoms. The number of amides is 2. The van der Waals surface area contributed by atoms with Gasteiger partial charge in [-0.1, -0.05) is 11.6 Å². The molecular weight excluding hydrogens is 306 g/mol. The molecule has 0 bridgehead atoms. The van der Waals surface area contributed by atoms with Crippen molar-refractivity contribution in [2.75, 3.05) is 19.0 Å². The molecule has 1 saturated heterocycles. The van der Waals surface area contributed by atoms with Gasteiger partial charge in [-0.15, -0.1) is 0 Å². The fourth-order valence-corrected chi connectivity index (χ4v) is 2.69. The number of likely N-dealkylation sites (tertiary alicyclic amines) is 1. The van der Waals surface area contributed by atoms with Crippen LogP contribution in [-0.4, -0.2) is 36.6 Å². The van der Waals surface area contributed by atoms with E-state index in [1.54, 1.807) is 19.1 Å². The molecule has 22 heavy (non-hydrogen) atoms. The fourth-order valence-electron chi connectivity index (χ4n) is 2.48. The first-order chi connectivity index (χ1) is 10.5. The Balaban J connectivity index is 2.17. The summed E-state index contributed by atoms with van der Waals surface area (Å²) in [7, 11) is 1.31. The van der Waals surface area contributed by atoms with Crippen LogP contribution >= 0.6 is 11.6 Å². The molecule has 6 nitrogen and oxygen atoms in total. The van der Waals surface area contributed by atoms with Gasteiger partial charge in [0.05, 0.1) is 17.7 Å². The summed E-state index contributed by atoms with van der Waals surface area (Å²) >= 11 is 6.08. The van der Waals surface area contributed by atoms with Crippen LogP contribution in [0.15, 0.2) is 12.1 Å². The van der Waals surface area contributed by atoms with Gasteiger partial charge in [0.2, 0.25) is 0 Å². The van der Waals surface area contributed by atoms with Crippen LogP contribution in [0.5, 0.6) is 0 Å². The predicted molar refractivity (Wildman–Crippen MR) is 81.7 cm³/mol. The first-order valence-electron chi connectivity index (χ1n) is 6.84. The number of nitrogens with one attached hydrogen (secondary N) is 1. The number of ether oxygens (including phenoxy) is 1. The van der Waals surface area contributed by atoms with Crippen LogP contribution in [0.4, 0.5) is 10.5 Å². The van der Waals surface area contributed by atoms with Crippen molar-refractivity contribution in [1.29, 1.82) is 5.26 Å². The third kappa shape index (κ3) is 3.00. The molecule has 2 rings (SSSR count). The number of benzene rings is 1. The molecule has 7 heteroatoms. The molecule has 0 aromatic heterocycles. The van der Waals surface area contributed by atoms with E-state index in [-0.39, 0.29) is 6.03 Å². The summed E-state index contributed by atoms with van der Waals surface area (Å²) < 4.78 is 4.72. The Bertz CT molecular complexity index is 654. The molecule has 116 valence electrons. The van der Waals surface area contributed by atoms with E-state index in [1.165, 1.54) is 12.0 Å². The number of carbonyl (C=O) groups excluding carboxylic acids is 2. The molecule has 1 aromatic rings. The molecule has 1 heterocycles. The van der Waals surface area contributed by atoms with Crippen LogP contribution in [-0.2, 0) is 9.53 Å². The smallest absolute Gasteiger partial charge is 0.328 e. The summed E-state index contributed by atoms with van der Waals surface area (Å²) in [6.45, 7) is 2.22. The normalized spacial score (nSPS) is 17.0. The Hall–Kier alpha value is -2.26. The van der Waals surface area contributed by atoms with Gasteiger partial charge in [0.15, 0.2) is 0 Å². The molecule has 1 aliphatic heterocycles. The van der Waals surface area contributed by atoms with E-state index >= 15 is 0 Å². The Labute approximate surface area is 133 Å². The minimum atomic E-state index is -0.556. The second-order valence-corrected chi connectivity index (χ2v) is 5.39. The summed E-state index contributed by atoms with van der Waals surface area (Å²) in [5.41, 5.74) is 1.48. The predicted octanol–water partition coefficient (Wildman–Crippen LogP) is 2.69. The van der Waals surface area contributed by atoms with E-state index in [4.69, 9.17) is 21.6 Å². The van der Waals surface area contributed by atoms with Crippen LogP contribution in [0.2, 0.25) is 5.02 Å². The average molecular weight is 322 g/mol. The summed E-state index contributed by atoms with van der Waals surface area (Å²) in [5, 5.41) is 12.0. The number of nitriles is 1. The molecule has 0 aliphatic carbocycles. The maximum Gasteiger partial charge on any atom is 0.328 e. The lowest BCUT2D eigenvalue weighted by Crippen LogP contribution is -2.43. The number of esters is 1. The van der Waals surface area contributed by atoms with E-state index in [2.05, 4.69) is 5.32 Å². The van der Waals surface area contributed by atoms with Gasteiger partial charge >= 0.3 is 12.0 Å². The maximum absolute atomic E-state index is 12.4. The van der Waals surface area contributed by atoms with Crippen molar-refractivity contribution in [3.05, 3.63) is 28.3 Å². The Morgan fingerprint density at radius 1 is 1.50 bits per heavy atom. The fraction of sp³-hybridized carbons (Fsp3) is 0.400. The monoisotopic (exact) mass is 321 g/mol. The van der Waals surface area contributed by atoms with Crippen LogP contribution in [0.3, 0.4) is 0 Å². The average Bonchev–Trinajstić information content (AvgIpc) is 3.01. The zero-order valence-corrected chi connectivity index (χ0v) is 13.1. The van der Waals surface area contributed by atoms with Gasteiger partial charge in [0, 0.05) is 12.2 Å². The molecule has 1 aliphatic rings. The zero-order chi connectivity index (χ0) is 16.3. The summed E-state index contributed by atoms with van der Waals surface area (Å²) in [6.07, 6.45) is 1.34. The van der Waals surface area contributed by atoms with Crippen LogP contribution < -0.4 is 5.32 Å². The zero-order valence-electron chi connectivity index (χ0n) is 12.4. The number of rotatable bonds is 2. The van der Waals surface area contributed by atoms with Gasteiger partial charge in [-0.3, -0.25) is 0 Å². The second kappa shape index (κ2) is 6.67. The molecule has 1 atom stereocenters. The number of anilines is 1. The lowest BCUT2D eigenvalue weighted by Gasteiger charge is -2.23. The minimum Gasteiger partial charge on any atom is -0.467 e. The van der Waals surface area contributed by atoms with Crippen molar-refractivity contribution >= 4 is 29.3 Å². The van der Waals surface area contributed by atoms with Gasteiger partial charge in [0.25, 0.3) is 0 Å². The SMILES string of the molecule is COC(=O)[C@@H]1CCCN1C(=O)Nc1ccc(C#N)c(Cl)c1C. The number of halogens is 1. The molecule has 1 aromatic carbocycles. The highest BCUT2D eigenvalue weighted by molar-refractivity contribution is 6.33. The number of nitrogens with zero attached hydrogens (tertiary/aromatic N) is 2. The standard InChI is InChI=1S/C15H16ClN3O3/c1-9-11(6-5-10(8-17)13(9)16)18-15(21)19-7-3-4-12(19)14(20)22-2/h5-6,12H,3-4,7H2,1-2H3,(H,18,21)/t12-/m0/s1. The third-order valence-corrected chi connectivity index (χ3v) is 4.22. The van der Waals surface area contributed by atoms with Gasteiger partial charge in [-0.05, 0) is 37.5 Å². The first kappa shape index (κ1) is 16.1. The molecule has 1 N–H and O–H groups in total. The van der Waals surface area contributed by atoms with Gasteiger partial charge < -0.3 is 15.0 Å². The lowest BCUT2D eigenvalue weighted by molar-refractivity contribution is -0.144. The maximum atomic E-state index is 12.4. The quantitative estimate of drug-likeness (QED) is 0.849. The van der Waals surface area contributed by atoms with Crippen molar-refractivity contribution in [3.8, 4) is 6.07 Å².